The molecule has 28 heavy (non-hydrogen) atoms. The van der Waals surface area contributed by atoms with Gasteiger partial charge in [0, 0.05) is 39.4 Å². The van der Waals surface area contributed by atoms with Crippen molar-refractivity contribution in [1.82, 2.24) is 19.0 Å². The summed E-state index contributed by atoms with van der Waals surface area (Å²) in [7, 11) is -0.752. The average molecular weight is 406 g/mol. The lowest BCUT2D eigenvalue weighted by Crippen LogP contribution is -2.37. The monoisotopic (exact) mass is 406 g/mol. The van der Waals surface area contributed by atoms with Gasteiger partial charge in [-0.1, -0.05) is 12.1 Å². The minimum Gasteiger partial charge on any atom is -0.465 e. The number of aryl methyl sites for hydroxylation is 1. The predicted molar refractivity (Wildman–Crippen MR) is 100 cm³/mol. The molecule has 0 aliphatic carbocycles. The van der Waals surface area contributed by atoms with E-state index < -0.39 is 16.0 Å². The summed E-state index contributed by atoms with van der Waals surface area (Å²) >= 11 is 0. The molecule has 2 heterocycles. The highest BCUT2D eigenvalue weighted by Gasteiger charge is 2.30. The van der Waals surface area contributed by atoms with Crippen molar-refractivity contribution in [2.24, 2.45) is 7.05 Å². The summed E-state index contributed by atoms with van der Waals surface area (Å²) in [4.78, 5) is 26.6. The van der Waals surface area contributed by atoms with Gasteiger partial charge in [-0.25, -0.2) is 13.2 Å². The Morgan fingerprint density at radius 3 is 2.43 bits per heavy atom. The zero-order chi connectivity index (χ0) is 20.3. The number of aromatic nitrogens is 2. The number of ether oxygens (including phenoxy) is 1. The highest BCUT2D eigenvalue weighted by molar-refractivity contribution is 7.89. The van der Waals surface area contributed by atoms with E-state index in [0.29, 0.717) is 19.5 Å². The first-order valence-electron chi connectivity index (χ1n) is 8.80. The molecule has 0 bridgehead atoms. The van der Waals surface area contributed by atoms with Crippen LogP contribution in [0.4, 0.5) is 0 Å². The summed E-state index contributed by atoms with van der Waals surface area (Å²) in [5.41, 5.74) is 0.442. The average Bonchev–Trinajstić information content (AvgIpc) is 2.99. The van der Waals surface area contributed by atoms with Crippen LogP contribution in [0.3, 0.4) is 0 Å². The Morgan fingerprint density at radius 1 is 1.07 bits per heavy atom. The van der Waals surface area contributed by atoms with E-state index in [1.54, 1.807) is 30.1 Å². The van der Waals surface area contributed by atoms with E-state index in [9.17, 15) is 18.0 Å². The maximum atomic E-state index is 13.0. The first-order chi connectivity index (χ1) is 13.3. The topological polar surface area (TPSA) is 102 Å². The van der Waals surface area contributed by atoms with Crippen molar-refractivity contribution in [2.45, 2.75) is 11.3 Å². The normalized spacial score (nSPS) is 15.9. The van der Waals surface area contributed by atoms with Gasteiger partial charge in [-0.2, -0.15) is 9.40 Å². The predicted octanol–water partition coefficient (Wildman–Crippen LogP) is 0.743. The third-order valence-corrected chi connectivity index (χ3v) is 6.48. The van der Waals surface area contributed by atoms with E-state index >= 15 is 0 Å². The fraction of sp³-hybridized carbons (Fsp3) is 0.389. The highest BCUT2D eigenvalue weighted by atomic mass is 32.2. The van der Waals surface area contributed by atoms with Crippen LogP contribution in [0.15, 0.2) is 41.6 Å². The standard InChI is InChI=1S/C18H22N4O5S/c1-20-13-14(12-19-20)28(25,26)22-9-5-8-21(10-11-22)17(23)15-6-3-4-7-16(15)18(24)27-2/h3-4,6-7,12-13H,5,8-11H2,1-2H3. The Kier molecular flexibility index (Phi) is 5.80. The van der Waals surface area contributed by atoms with Gasteiger partial charge in [-0.3, -0.25) is 9.48 Å². The first-order valence-corrected chi connectivity index (χ1v) is 10.2. The number of sulfonamides is 1. The molecule has 0 radical (unpaired) electrons. The van der Waals surface area contributed by atoms with Crippen molar-refractivity contribution < 1.29 is 22.7 Å². The summed E-state index contributed by atoms with van der Waals surface area (Å²) in [6, 6.07) is 6.45. The second-order valence-electron chi connectivity index (χ2n) is 6.44. The van der Waals surface area contributed by atoms with Gasteiger partial charge in [0.15, 0.2) is 0 Å². The van der Waals surface area contributed by atoms with Crippen molar-refractivity contribution in [3.05, 3.63) is 47.8 Å². The van der Waals surface area contributed by atoms with Gasteiger partial charge in [0.25, 0.3) is 5.91 Å². The van der Waals surface area contributed by atoms with Gasteiger partial charge in [-0.05, 0) is 18.6 Å². The SMILES string of the molecule is COC(=O)c1ccccc1C(=O)N1CCCN(S(=O)(=O)c2cnn(C)c2)CC1. The van der Waals surface area contributed by atoms with E-state index in [-0.39, 0.29) is 35.0 Å². The van der Waals surface area contributed by atoms with Crippen LogP contribution in [-0.4, -0.2) is 72.6 Å². The second kappa shape index (κ2) is 8.11. The minimum atomic E-state index is -3.67. The van der Waals surface area contributed by atoms with E-state index in [1.807, 2.05) is 0 Å². The molecular formula is C18H22N4O5S. The van der Waals surface area contributed by atoms with E-state index in [2.05, 4.69) is 5.10 Å². The molecule has 1 aliphatic heterocycles. The largest absolute Gasteiger partial charge is 0.465 e. The van der Waals surface area contributed by atoms with Crippen LogP contribution in [0.25, 0.3) is 0 Å². The van der Waals surface area contributed by atoms with Gasteiger partial charge in [0.1, 0.15) is 4.90 Å². The second-order valence-corrected chi connectivity index (χ2v) is 8.37. The molecule has 0 saturated carbocycles. The molecule has 2 aromatic rings. The van der Waals surface area contributed by atoms with Crippen molar-refractivity contribution in [1.29, 1.82) is 0 Å². The summed E-state index contributed by atoms with van der Waals surface area (Å²) in [5, 5.41) is 3.92. The molecule has 3 rings (SSSR count). The fourth-order valence-corrected chi connectivity index (χ4v) is 4.60. The molecule has 1 aliphatic rings. The van der Waals surface area contributed by atoms with Crippen LogP contribution >= 0.6 is 0 Å². The number of carbonyl (C=O) groups is 2. The van der Waals surface area contributed by atoms with Crippen molar-refractivity contribution in [2.75, 3.05) is 33.3 Å². The molecule has 0 atom stereocenters. The summed E-state index contributed by atoms with van der Waals surface area (Å²) < 4.78 is 33.1. The molecule has 10 heteroatoms. The van der Waals surface area contributed by atoms with Crippen LogP contribution in [-0.2, 0) is 21.8 Å². The number of nitrogens with zero attached hydrogens (tertiary/aromatic N) is 4. The van der Waals surface area contributed by atoms with Crippen LogP contribution in [0, 0.1) is 0 Å². The van der Waals surface area contributed by atoms with E-state index in [1.165, 1.54) is 34.6 Å². The van der Waals surface area contributed by atoms with E-state index in [4.69, 9.17) is 4.74 Å². The third kappa shape index (κ3) is 3.92. The van der Waals surface area contributed by atoms with Gasteiger partial charge < -0.3 is 9.64 Å². The number of amides is 1. The third-order valence-electron chi connectivity index (χ3n) is 4.62. The van der Waals surface area contributed by atoms with Crippen LogP contribution < -0.4 is 0 Å². The molecule has 0 spiro atoms. The molecule has 0 unspecified atom stereocenters. The fourth-order valence-electron chi connectivity index (χ4n) is 3.15. The number of methoxy groups -OCH3 is 1. The molecule has 1 aromatic heterocycles. The highest BCUT2D eigenvalue weighted by Crippen LogP contribution is 2.19. The molecule has 1 saturated heterocycles. The zero-order valence-electron chi connectivity index (χ0n) is 15.7. The lowest BCUT2D eigenvalue weighted by atomic mass is 10.1. The number of esters is 1. The number of hydrogen-bond acceptors (Lipinski definition) is 6. The Morgan fingerprint density at radius 2 is 1.79 bits per heavy atom. The van der Waals surface area contributed by atoms with Crippen molar-refractivity contribution in [3.8, 4) is 0 Å². The number of carbonyl (C=O) groups excluding carboxylic acids is 2. The Labute approximate surface area is 163 Å². The lowest BCUT2D eigenvalue weighted by molar-refractivity contribution is 0.0590. The van der Waals surface area contributed by atoms with Crippen molar-refractivity contribution >= 4 is 21.9 Å². The maximum absolute atomic E-state index is 13.0. The molecule has 9 nitrogen and oxygen atoms in total. The van der Waals surface area contributed by atoms with E-state index in [0.717, 1.165) is 0 Å². The summed E-state index contributed by atoms with van der Waals surface area (Å²) in [5.74, 6) is -0.902. The molecule has 1 aromatic carbocycles. The van der Waals surface area contributed by atoms with Crippen LogP contribution in [0.1, 0.15) is 27.1 Å². The maximum Gasteiger partial charge on any atom is 0.338 e. The number of benzene rings is 1. The Balaban J connectivity index is 1.77. The quantitative estimate of drug-likeness (QED) is 0.694. The molecule has 1 fully saturated rings. The number of rotatable bonds is 4. The molecule has 1 amide bonds. The molecule has 150 valence electrons. The van der Waals surface area contributed by atoms with Crippen molar-refractivity contribution in [3.63, 3.8) is 0 Å². The Bertz CT molecular complexity index is 985. The Hall–Kier alpha value is -2.72. The van der Waals surface area contributed by atoms with Crippen LogP contribution in [0.2, 0.25) is 0 Å². The number of hydrogen-bond donors (Lipinski definition) is 0. The zero-order valence-corrected chi connectivity index (χ0v) is 16.6. The smallest absolute Gasteiger partial charge is 0.338 e. The van der Waals surface area contributed by atoms with Gasteiger partial charge in [0.2, 0.25) is 10.0 Å². The summed E-state index contributed by atoms with van der Waals surface area (Å²) in [6.45, 7) is 1.10. The minimum absolute atomic E-state index is 0.130. The summed E-state index contributed by atoms with van der Waals surface area (Å²) in [6.07, 6.45) is 3.26. The van der Waals surface area contributed by atoms with Crippen LogP contribution in [0.5, 0.6) is 0 Å². The lowest BCUT2D eigenvalue weighted by Gasteiger charge is -2.22. The first kappa shape index (κ1) is 20.0. The van der Waals surface area contributed by atoms with Gasteiger partial charge in [0.05, 0.1) is 24.4 Å². The molecular weight excluding hydrogens is 384 g/mol. The van der Waals surface area contributed by atoms with Gasteiger partial charge >= 0.3 is 5.97 Å². The molecule has 0 N–H and O–H groups in total. The van der Waals surface area contributed by atoms with Gasteiger partial charge in [-0.15, -0.1) is 0 Å².